The first kappa shape index (κ1) is 37.8. The topological polar surface area (TPSA) is 37.3 Å². The number of aliphatic hydroxyl groups is 1. The number of fused-ring (bicyclic) bond motifs is 3. The third kappa shape index (κ3) is 14.3. The number of aliphatic hydroxyl groups excluding tert-OH is 1. The second-order valence-corrected chi connectivity index (χ2v) is 14.3. The van der Waals surface area contributed by atoms with Crippen LogP contribution in [0.3, 0.4) is 0 Å². The van der Waals surface area contributed by atoms with Crippen molar-refractivity contribution >= 4 is 17.4 Å². The maximum absolute atomic E-state index is 13.0. The van der Waals surface area contributed by atoms with Crippen molar-refractivity contribution in [2.24, 2.45) is 0 Å². The molecule has 0 saturated heterocycles. The lowest BCUT2D eigenvalue weighted by Crippen LogP contribution is -2.07. The molecule has 2 aromatic rings. The van der Waals surface area contributed by atoms with Crippen LogP contribution in [0.1, 0.15) is 201 Å². The summed E-state index contributed by atoms with van der Waals surface area (Å²) >= 11 is 6.20. The molecule has 2 aromatic carbocycles. The van der Waals surface area contributed by atoms with E-state index in [0.717, 1.165) is 41.0 Å². The van der Waals surface area contributed by atoms with Crippen molar-refractivity contribution in [2.45, 2.75) is 187 Å². The van der Waals surface area contributed by atoms with E-state index >= 15 is 0 Å². The summed E-state index contributed by atoms with van der Waals surface area (Å²) < 4.78 is 0. The van der Waals surface area contributed by atoms with E-state index < -0.39 is 0 Å². The van der Waals surface area contributed by atoms with E-state index in [2.05, 4.69) is 13.0 Å². The number of ketones is 1. The Morgan fingerprint density at radius 1 is 0.600 bits per heavy atom. The van der Waals surface area contributed by atoms with Crippen molar-refractivity contribution in [3.63, 3.8) is 0 Å². The Labute approximate surface area is 282 Å². The van der Waals surface area contributed by atoms with Crippen LogP contribution in [0, 0.1) is 0 Å². The first-order chi connectivity index (χ1) is 22.2. The molecular weight excluding hydrogens is 572 g/mol. The van der Waals surface area contributed by atoms with Gasteiger partial charge in [0, 0.05) is 17.0 Å². The predicted molar refractivity (Wildman–Crippen MR) is 196 cm³/mol. The molecule has 0 fully saturated rings. The summed E-state index contributed by atoms with van der Waals surface area (Å²) in [4.78, 5) is 13.0. The lowest BCUT2D eigenvalue weighted by molar-refractivity contribution is 0.0976. The molecule has 1 aliphatic rings. The van der Waals surface area contributed by atoms with Gasteiger partial charge in [-0.25, -0.2) is 0 Å². The van der Waals surface area contributed by atoms with Crippen molar-refractivity contribution < 1.29 is 9.90 Å². The van der Waals surface area contributed by atoms with Crippen LogP contribution < -0.4 is 0 Å². The quantitative estimate of drug-likeness (QED) is 0.0636. The third-order valence-electron chi connectivity index (χ3n) is 10.1. The smallest absolute Gasteiger partial charge is 0.163 e. The maximum Gasteiger partial charge on any atom is 0.163 e. The summed E-state index contributed by atoms with van der Waals surface area (Å²) in [6, 6.07) is 9.95. The van der Waals surface area contributed by atoms with Gasteiger partial charge in [0.1, 0.15) is 0 Å². The molecule has 45 heavy (non-hydrogen) atoms. The van der Waals surface area contributed by atoms with Crippen molar-refractivity contribution in [2.75, 3.05) is 0 Å². The molecule has 3 rings (SSSR count). The molecule has 2 nitrogen and oxygen atoms in total. The summed E-state index contributed by atoms with van der Waals surface area (Å²) in [5, 5.41) is 10.9. The molecule has 0 atom stereocenters. The molecular formula is C42H65ClO2. The average Bonchev–Trinajstić information content (AvgIpc) is 3.41. The molecule has 0 saturated carbocycles. The molecule has 0 aromatic heterocycles. The number of hydrogen-bond acceptors (Lipinski definition) is 2. The van der Waals surface area contributed by atoms with Gasteiger partial charge in [-0.1, -0.05) is 191 Å². The number of unbranched alkanes of at least 4 members (excludes halogenated alkanes) is 24. The van der Waals surface area contributed by atoms with Gasteiger partial charge in [-0.3, -0.25) is 4.79 Å². The molecule has 1 N–H and O–H groups in total. The van der Waals surface area contributed by atoms with E-state index in [1.807, 2.05) is 24.3 Å². The number of hydrogen-bond donors (Lipinski definition) is 1. The molecule has 0 heterocycles. The lowest BCUT2D eigenvalue weighted by atomic mass is 9.92. The maximum atomic E-state index is 13.0. The Morgan fingerprint density at radius 2 is 1.02 bits per heavy atom. The number of carbonyl (C=O) groups excluding carboxylic acids is 1. The van der Waals surface area contributed by atoms with Crippen LogP contribution in [0.2, 0.25) is 5.02 Å². The van der Waals surface area contributed by atoms with Crippen LogP contribution in [0.4, 0.5) is 0 Å². The standard InChI is InChI=1S/C42H65ClO2/c1-2-3-4-5-6-7-8-9-10-11-12-13-14-15-16-17-18-19-20-21-22-23-24-25-26-27-42(45)39-31-30-38-37-29-28-36(43)32-35(37)33-40(38)41(39)34-44/h28-32,44H,2-27,33-34H2,1H3. The Kier molecular flexibility index (Phi) is 19.9. The third-order valence-corrected chi connectivity index (χ3v) is 10.4. The fourth-order valence-electron chi connectivity index (χ4n) is 7.31. The molecule has 0 amide bonds. The van der Waals surface area contributed by atoms with Crippen LogP contribution in [0.5, 0.6) is 0 Å². The highest BCUT2D eigenvalue weighted by Crippen LogP contribution is 2.40. The van der Waals surface area contributed by atoms with Crippen LogP contribution in [0.25, 0.3) is 11.1 Å². The molecule has 0 bridgehead atoms. The Bertz CT molecular complexity index is 1090. The summed E-state index contributed by atoms with van der Waals surface area (Å²) in [5.41, 5.74) is 6.09. The SMILES string of the molecule is CCCCCCCCCCCCCCCCCCCCCCCCCCCC(=O)c1ccc2c(c1CO)Cc1cc(Cl)ccc1-2. The van der Waals surface area contributed by atoms with Crippen LogP contribution in [0.15, 0.2) is 30.3 Å². The van der Waals surface area contributed by atoms with Gasteiger partial charge in [0.25, 0.3) is 0 Å². The molecule has 0 unspecified atom stereocenters. The fourth-order valence-corrected chi connectivity index (χ4v) is 7.50. The predicted octanol–water partition coefficient (Wildman–Crippen LogP) is 13.7. The van der Waals surface area contributed by atoms with E-state index in [0.29, 0.717) is 12.0 Å². The molecule has 1 aliphatic carbocycles. The number of Topliss-reactive ketones (excluding diaryl/α,β-unsaturated/α-hetero) is 1. The summed E-state index contributed by atoms with van der Waals surface area (Å²) in [6.07, 6.45) is 35.9. The summed E-state index contributed by atoms with van der Waals surface area (Å²) in [5.74, 6) is 0.171. The van der Waals surface area contributed by atoms with Crippen molar-refractivity contribution in [1.29, 1.82) is 0 Å². The Morgan fingerprint density at radius 3 is 1.47 bits per heavy atom. The zero-order chi connectivity index (χ0) is 32.0. The molecule has 0 spiro atoms. The number of rotatable bonds is 28. The largest absolute Gasteiger partial charge is 0.392 e. The summed E-state index contributed by atoms with van der Waals surface area (Å²) in [7, 11) is 0. The first-order valence-electron chi connectivity index (χ1n) is 19.2. The zero-order valence-electron chi connectivity index (χ0n) is 28.9. The van der Waals surface area contributed by atoms with E-state index in [9.17, 15) is 9.90 Å². The van der Waals surface area contributed by atoms with Gasteiger partial charge in [-0.15, -0.1) is 0 Å². The zero-order valence-corrected chi connectivity index (χ0v) is 29.7. The average molecular weight is 637 g/mol. The summed E-state index contributed by atoms with van der Waals surface area (Å²) in [6.45, 7) is 2.20. The molecule has 3 heteroatoms. The number of benzene rings is 2. The lowest BCUT2D eigenvalue weighted by Gasteiger charge is -2.12. The molecule has 0 aliphatic heterocycles. The van der Waals surface area contributed by atoms with Crippen molar-refractivity contribution in [3.05, 3.63) is 57.6 Å². The number of halogens is 1. The minimum atomic E-state index is -0.0918. The Hall–Kier alpha value is -1.64. The minimum Gasteiger partial charge on any atom is -0.392 e. The van der Waals surface area contributed by atoms with Crippen LogP contribution in [-0.2, 0) is 13.0 Å². The van der Waals surface area contributed by atoms with Gasteiger partial charge in [0.15, 0.2) is 5.78 Å². The van der Waals surface area contributed by atoms with Crippen LogP contribution >= 0.6 is 11.6 Å². The second kappa shape index (κ2) is 23.6. The molecule has 252 valence electrons. The second-order valence-electron chi connectivity index (χ2n) is 13.9. The highest BCUT2D eigenvalue weighted by molar-refractivity contribution is 6.30. The van der Waals surface area contributed by atoms with Gasteiger partial charge in [0.2, 0.25) is 0 Å². The normalized spacial score (nSPS) is 12.1. The van der Waals surface area contributed by atoms with E-state index in [1.54, 1.807) is 0 Å². The monoisotopic (exact) mass is 636 g/mol. The minimum absolute atomic E-state index is 0.0918. The van der Waals surface area contributed by atoms with Crippen molar-refractivity contribution in [1.82, 2.24) is 0 Å². The van der Waals surface area contributed by atoms with Crippen molar-refractivity contribution in [3.8, 4) is 11.1 Å². The van der Waals surface area contributed by atoms with Gasteiger partial charge < -0.3 is 5.11 Å². The highest BCUT2D eigenvalue weighted by atomic mass is 35.5. The Balaban J connectivity index is 1.08. The molecule has 0 radical (unpaired) electrons. The fraction of sp³-hybridized carbons (Fsp3) is 0.690. The van der Waals surface area contributed by atoms with Crippen LogP contribution in [-0.4, -0.2) is 10.9 Å². The van der Waals surface area contributed by atoms with E-state index in [-0.39, 0.29) is 12.4 Å². The first-order valence-corrected chi connectivity index (χ1v) is 19.6. The van der Waals surface area contributed by atoms with E-state index in [4.69, 9.17) is 11.6 Å². The van der Waals surface area contributed by atoms with Gasteiger partial charge in [-0.2, -0.15) is 0 Å². The van der Waals surface area contributed by atoms with Gasteiger partial charge >= 0.3 is 0 Å². The van der Waals surface area contributed by atoms with E-state index in [1.165, 1.54) is 159 Å². The van der Waals surface area contributed by atoms with Gasteiger partial charge in [-0.05, 0) is 52.8 Å². The van der Waals surface area contributed by atoms with Gasteiger partial charge in [0.05, 0.1) is 6.61 Å². The highest BCUT2D eigenvalue weighted by Gasteiger charge is 2.24. The number of carbonyl (C=O) groups is 1.